The number of ether oxygens (including phenoxy) is 1. The fraction of sp³-hybridized carbons (Fsp3) is 0.400. The molecule has 0 saturated heterocycles. The van der Waals surface area contributed by atoms with Crippen molar-refractivity contribution in [2.75, 3.05) is 20.2 Å². The number of likely N-dealkylation sites (N-methyl/N-ethyl adjacent to an activating group) is 1. The largest absolute Gasteiger partial charge is 0.483 e. The summed E-state index contributed by atoms with van der Waals surface area (Å²) >= 11 is 0. The van der Waals surface area contributed by atoms with Gasteiger partial charge in [-0.15, -0.1) is 0 Å². The lowest BCUT2D eigenvalue weighted by molar-refractivity contribution is -0.132. The van der Waals surface area contributed by atoms with Crippen LogP contribution in [0.25, 0.3) is 0 Å². The van der Waals surface area contributed by atoms with Crippen molar-refractivity contribution in [3.05, 3.63) is 59.9 Å². The van der Waals surface area contributed by atoms with Crippen LogP contribution in [0.15, 0.2) is 48.7 Å². The van der Waals surface area contributed by atoms with Gasteiger partial charge in [-0.3, -0.25) is 9.78 Å². The standard InChI is InChI=1S/C20H26N2O2/c1-20(2,3)17-10-5-6-11-18(17)24-15-19(23)22(4)14-12-16-9-7-8-13-21-16/h5-11,13H,12,14-15H2,1-4H3. The smallest absolute Gasteiger partial charge is 0.260 e. The molecule has 0 N–H and O–H groups in total. The first-order valence-electron chi connectivity index (χ1n) is 8.24. The Morgan fingerprint density at radius 1 is 1.12 bits per heavy atom. The molecule has 0 unspecified atom stereocenters. The Bertz CT molecular complexity index is 663. The molecule has 1 heterocycles. The molecule has 1 aromatic heterocycles. The zero-order valence-electron chi connectivity index (χ0n) is 15.0. The molecule has 2 rings (SSSR count). The van der Waals surface area contributed by atoms with Gasteiger partial charge in [-0.05, 0) is 29.2 Å². The Morgan fingerprint density at radius 3 is 2.50 bits per heavy atom. The van der Waals surface area contributed by atoms with E-state index in [1.165, 1.54) is 0 Å². The number of amides is 1. The van der Waals surface area contributed by atoms with Crippen molar-refractivity contribution in [3.8, 4) is 5.75 Å². The summed E-state index contributed by atoms with van der Waals surface area (Å²) in [7, 11) is 1.80. The van der Waals surface area contributed by atoms with E-state index in [2.05, 4.69) is 25.8 Å². The molecule has 0 fully saturated rings. The van der Waals surface area contributed by atoms with Crippen LogP contribution in [0.2, 0.25) is 0 Å². The van der Waals surface area contributed by atoms with Crippen LogP contribution >= 0.6 is 0 Å². The average molecular weight is 326 g/mol. The van der Waals surface area contributed by atoms with E-state index in [1.807, 2.05) is 42.5 Å². The van der Waals surface area contributed by atoms with Gasteiger partial charge in [0.2, 0.25) is 0 Å². The third kappa shape index (κ3) is 5.08. The molecule has 0 aliphatic rings. The monoisotopic (exact) mass is 326 g/mol. The number of aromatic nitrogens is 1. The van der Waals surface area contributed by atoms with Crippen LogP contribution in [-0.2, 0) is 16.6 Å². The lowest BCUT2D eigenvalue weighted by Gasteiger charge is -2.23. The van der Waals surface area contributed by atoms with Crippen LogP contribution in [0.4, 0.5) is 0 Å². The number of rotatable bonds is 6. The Kier molecular flexibility index (Phi) is 5.96. The van der Waals surface area contributed by atoms with Crippen molar-refractivity contribution in [3.63, 3.8) is 0 Å². The number of nitrogens with zero attached hydrogens (tertiary/aromatic N) is 2. The van der Waals surface area contributed by atoms with E-state index in [-0.39, 0.29) is 17.9 Å². The fourth-order valence-corrected chi connectivity index (χ4v) is 2.41. The molecule has 1 amide bonds. The SMILES string of the molecule is CN(CCc1ccccn1)C(=O)COc1ccccc1C(C)(C)C. The van der Waals surface area contributed by atoms with Gasteiger partial charge in [-0.25, -0.2) is 0 Å². The minimum absolute atomic E-state index is 0.0233. The molecule has 1 aromatic carbocycles. The first kappa shape index (κ1) is 18.0. The van der Waals surface area contributed by atoms with Gasteiger partial charge in [0.05, 0.1) is 0 Å². The summed E-state index contributed by atoms with van der Waals surface area (Å²) in [4.78, 5) is 18.2. The molecular formula is C20H26N2O2. The van der Waals surface area contributed by atoms with E-state index in [9.17, 15) is 4.79 Å². The highest BCUT2D eigenvalue weighted by atomic mass is 16.5. The molecule has 128 valence electrons. The minimum atomic E-state index is -0.0327. The highest BCUT2D eigenvalue weighted by Gasteiger charge is 2.19. The van der Waals surface area contributed by atoms with Gasteiger partial charge in [-0.2, -0.15) is 0 Å². The molecular weight excluding hydrogens is 300 g/mol. The van der Waals surface area contributed by atoms with Crippen LogP contribution in [0.3, 0.4) is 0 Å². The highest BCUT2D eigenvalue weighted by molar-refractivity contribution is 5.77. The summed E-state index contributed by atoms with van der Waals surface area (Å²) in [5, 5.41) is 0. The lowest BCUT2D eigenvalue weighted by Crippen LogP contribution is -2.33. The predicted octanol–water partition coefficient (Wildman–Crippen LogP) is 3.46. The molecule has 0 atom stereocenters. The van der Waals surface area contributed by atoms with E-state index in [0.717, 1.165) is 23.4 Å². The van der Waals surface area contributed by atoms with Crippen molar-refractivity contribution in [2.24, 2.45) is 0 Å². The molecule has 24 heavy (non-hydrogen) atoms. The van der Waals surface area contributed by atoms with Crippen molar-refractivity contribution in [1.82, 2.24) is 9.88 Å². The number of carbonyl (C=O) groups is 1. The Labute approximate surface area is 144 Å². The molecule has 0 aliphatic carbocycles. The summed E-state index contributed by atoms with van der Waals surface area (Å²) < 4.78 is 5.79. The summed E-state index contributed by atoms with van der Waals surface area (Å²) in [6.07, 6.45) is 2.51. The van der Waals surface area contributed by atoms with Gasteiger partial charge in [0.25, 0.3) is 5.91 Å². The van der Waals surface area contributed by atoms with Crippen molar-refractivity contribution in [1.29, 1.82) is 0 Å². The average Bonchev–Trinajstić information content (AvgIpc) is 2.58. The molecule has 4 heteroatoms. The summed E-state index contributed by atoms with van der Waals surface area (Å²) in [5.41, 5.74) is 2.06. The number of carbonyl (C=O) groups excluding carboxylic acids is 1. The van der Waals surface area contributed by atoms with Gasteiger partial charge in [0, 0.05) is 31.9 Å². The number of para-hydroxylation sites is 1. The third-order valence-electron chi connectivity index (χ3n) is 3.90. The maximum Gasteiger partial charge on any atom is 0.260 e. The maximum atomic E-state index is 12.3. The highest BCUT2D eigenvalue weighted by Crippen LogP contribution is 2.30. The summed E-state index contributed by atoms with van der Waals surface area (Å²) in [6, 6.07) is 13.7. The van der Waals surface area contributed by atoms with E-state index in [0.29, 0.717) is 6.54 Å². The molecule has 2 aromatic rings. The second-order valence-corrected chi connectivity index (χ2v) is 6.92. The normalized spacial score (nSPS) is 11.2. The fourth-order valence-electron chi connectivity index (χ4n) is 2.41. The topological polar surface area (TPSA) is 42.4 Å². The zero-order valence-corrected chi connectivity index (χ0v) is 15.0. The van der Waals surface area contributed by atoms with Gasteiger partial charge < -0.3 is 9.64 Å². The van der Waals surface area contributed by atoms with Crippen molar-refractivity contribution >= 4 is 5.91 Å². The Hall–Kier alpha value is -2.36. The zero-order chi connectivity index (χ0) is 17.6. The Balaban J connectivity index is 1.89. The molecule has 0 saturated carbocycles. The van der Waals surface area contributed by atoms with Crippen LogP contribution in [0, 0.1) is 0 Å². The first-order chi connectivity index (χ1) is 11.4. The second kappa shape index (κ2) is 7.95. The van der Waals surface area contributed by atoms with Gasteiger partial charge in [-0.1, -0.05) is 45.0 Å². The third-order valence-corrected chi connectivity index (χ3v) is 3.90. The molecule has 0 radical (unpaired) electrons. The van der Waals surface area contributed by atoms with E-state index >= 15 is 0 Å². The number of pyridine rings is 1. The number of hydrogen-bond acceptors (Lipinski definition) is 3. The van der Waals surface area contributed by atoms with Crippen LogP contribution in [0.5, 0.6) is 5.75 Å². The predicted molar refractivity (Wildman–Crippen MR) is 96.2 cm³/mol. The minimum Gasteiger partial charge on any atom is -0.483 e. The van der Waals surface area contributed by atoms with Gasteiger partial charge >= 0.3 is 0 Å². The maximum absolute atomic E-state index is 12.3. The van der Waals surface area contributed by atoms with Crippen LogP contribution in [0.1, 0.15) is 32.0 Å². The van der Waals surface area contributed by atoms with Gasteiger partial charge in [0.15, 0.2) is 6.61 Å². The van der Waals surface area contributed by atoms with E-state index in [4.69, 9.17) is 4.74 Å². The number of benzene rings is 1. The van der Waals surface area contributed by atoms with Crippen LogP contribution in [-0.4, -0.2) is 36.0 Å². The summed E-state index contributed by atoms with van der Waals surface area (Å²) in [5.74, 6) is 0.742. The number of hydrogen-bond donors (Lipinski definition) is 0. The summed E-state index contributed by atoms with van der Waals surface area (Å²) in [6.45, 7) is 7.08. The lowest BCUT2D eigenvalue weighted by atomic mass is 9.86. The van der Waals surface area contributed by atoms with Gasteiger partial charge in [0.1, 0.15) is 5.75 Å². The Morgan fingerprint density at radius 2 is 1.83 bits per heavy atom. The van der Waals surface area contributed by atoms with Crippen molar-refractivity contribution in [2.45, 2.75) is 32.6 Å². The molecule has 0 bridgehead atoms. The van der Waals surface area contributed by atoms with Crippen molar-refractivity contribution < 1.29 is 9.53 Å². The quantitative estimate of drug-likeness (QED) is 0.816. The molecule has 4 nitrogen and oxygen atoms in total. The van der Waals surface area contributed by atoms with Crippen LogP contribution < -0.4 is 4.74 Å². The molecule has 0 spiro atoms. The first-order valence-corrected chi connectivity index (χ1v) is 8.24. The molecule has 0 aliphatic heterocycles. The second-order valence-electron chi connectivity index (χ2n) is 6.92. The van der Waals surface area contributed by atoms with E-state index < -0.39 is 0 Å². The van der Waals surface area contributed by atoms with E-state index in [1.54, 1.807) is 18.1 Å².